The Labute approximate surface area is 104 Å². The summed E-state index contributed by atoms with van der Waals surface area (Å²) in [5.41, 5.74) is 1.05. The minimum absolute atomic E-state index is 0.0613. The van der Waals surface area contributed by atoms with Gasteiger partial charge >= 0.3 is 6.18 Å². The van der Waals surface area contributed by atoms with E-state index in [9.17, 15) is 13.2 Å². The molecule has 1 aromatic rings. The van der Waals surface area contributed by atoms with Gasteiger partial charge in [-0.05, 0) is 5.56 Å². The summed E-state index contributed by atoms with van der Waals surface area (Å²) in [5.74, 6) is 0. The Morgan fingerprint density at radius 1 is 0.944 bits per heavy atom. The van der Waals surface area contributed by atoms with Crippen LogP contribution in [0, 0.1) is 0 Å². The molecule has 2 nitrogen and oxygen atoms in total. The summed E-state index contributed by atoms with van der Waals surface area (Å²) in [4.78, 5) is 0. The van der Waals surface area contributed by atoms with Gasteiger partial charge in [-0.15, -0.1) is 0 Å². The second kappa shape index (κ2) is 7.89. The van der Waals surface area contributed by atoms with E-state index in [-0.39, 0.29) is 6.61 Å². The summed E-state index contributed by atoms with van der Waals surface area (Å²) in [7, 11) is 0. The number of hydrogen-bond donors (Lipinski definition) is 0. The molecule has 0 fully saturated rings. The molecule has 0 aliphatic carbocycles. The molecule has 1 rings (SSSR count). The molecule has 0 atom stereocenters. The zero-order chi connectivity index (χ0) is 13.3. The van der Waals surface area contributed by atoms with Crippen molar-refractivity contribution in [3.63, 3.8) is 0 Å². The summed E-state index contributed by atoms with van der Waals surface area (Å²) in [6.45, 7) is -0.449. The molecule has 18 heavy (non-hydrogen) atoms. The lowest BCUT2D eigenvalue weighted by Crippen LogP contribution is -2.16. The molecule has 0 unspecified atom stereocenters. The first-order valence-electron chi connectivity index (χ1n) is 5.49. The van der Waals surface area contributed by atoms with Gasteiger partial charge in [-0.1, -0.05) is 42.5 Å². The van der Waals surface area contributed by atoms with Crippen molar-refractivity contribution in [1.82, 2.24) is 0 Å². The molecule has 0 heterocycles. The van der Waals surface area contributed by atoms with Crippen molar-refractivity contribution < 1.29 is 22.6 Å². The van der Waals surface area contributed by atoms with Gasteiger partial charge in [-0.25, -0.2) is 0 Å². The van der Waals surface area contributed by atoms with Crippen LogP contribution in [0.3, 0.4) is 0 Å². The van der Waals surface area contributed by atoms with Crippen molar-refractivity contribution in [2.75, 3.05) is 19.8 Å². The molecule has 0 radical (unpaired) electrons. The monoisotopic (exact) mass is 260 g/mol. The van der Waals surface area contributed by atoms with Crippen LogP contribution in [0.25, 0.3) is 0 Å². The SMILES string of the molecule is FC(F)(F)COC/C=C/COCc1ccccc1. The van der Waals surface area contributed by atoms with Crippen molar-refractivity contribution in [2.24, 2.45) is 0 Å². The first-order valence-corrected chi connectivity index (χ1v) is 5.49. The number of hydrogen-bond acceptors (Lipinski definition) is 2. The van der Waals surface area contributed by atoms with Gasteiger partial charge < -0.3 is 9.47 Å². The van der Waals surface area contributed by atoms with E-state index in [1.807, 2.05) is 30.3 Å². The van der Waals surface area contributed by atoms with E-state index in [1.54, 1.807) is 6.08 Å². The number of alkyl halides is 3. The standard InChI is InChI=1S/C13H15F3O2/c14-13(15,16)11-18-9-5-4-8-17-10-12-6-2-1-3-7-12/h1-7H,8-11H2/b5-4+. The van der Waals surface area contributed by atoms with E-state index in [2.05, 4.69) is 4.74 Å². The summed E-state index contributed by atoms with van der Waals surface area (Å²) in [6.07, 6.45) is -1.12. The third kappa shape index (κ3) is 7.86. The average Bonchev–Trinajstić information content (AvgIpc) is 2.32. The molecular weight excluding hydrogens is 245 g/mol. The summed E-state index contributed by atoms with van der Waals surface area (Å²) < 4.78 is 44.8. The minimum atomic E-state index is -4.27. The molecule has 1 aromatic carbocycles. The lowest BCUT2D eigenvalue weighted by Gasteiger charge is -2.04. The molecule has 0 aromatic heterocycles. The highest BCUT2D eigenvalue weighted by atomic mass is 19.4. The fraction of sp³-hybridized carbons (Fsp3) is 0.385. The van der Waals surface area contributed by atoms with Crippen LogP contribution in [-0.2, 0) is 16.1 Å². The maximum Gasteiger partial charge on any atom is 0.411 e. The second-order valence-electron chi connectivity index (χ2n) is 3.60. The molecule has 100 valence electrons. The topological polar surface area (TPSA) is 18.5 Å². The summed E-state index contributed by atoms with van der Waals surface area (Å²) >= 11 is 0. The average molecular weight is 260 g/mol. The van der Waals surface area contributed by atoms with E-state index in [4.69, 9.17) is 4.74 Å². The van der Waals surface area contributed by atoms with Gasteiger partial charge in [0.2, 0.25) is 0 Å². The summed E-state index contributed by atoms with van der Waals surface area (Å²) in [6, 6.07) is 9.63. The molecule has 0 N–H and O–H groups in total. The Morgan fingerprint density at radius 3 is 2.17 bits per heavy atom. The van der Waals surface area contributed by atoms with E-state index >= 15 is 0 Å². The largest absolute Gasteiger partial charge is 0.411 e. The molecule has 0 aliphatic rings. The first-order chi connectivity index (χ1) is 8.58. The normalized spacial score (nSPS) is 12.2. The molecule has 5 heteroatoms. The van der Waals surface area contributed by atoms with Crippen molar-refractivity contribution in [1.29, 1.82) is 0 Å². The quantitative estimate of drug-likeness (QED) is 0.553. The van der Waals surface area contributed by atoms with E-state index < -0.39 is 12.8 Å². The molecule has 0 aliphatic heterocycles. The van der Waals surface area contributed by atoms with Gasteiger partial charge in [-0.2, -0.15) is 13.2 Å². The number of benzene rings is 1. The van der Waals surface area contributed by atoms with Gasteiger partial charge in [0.25, 0.3) is 0 Å². The minimum Gasteiger partial charge on any atom is -0.373 e. The van der Waals surface area contributed by atoms with E-state index in [0.717, 1.165) is 5.56 Å². The number of halogens is 3. The maximum absolute atomic E-state index is 11.7. The zero-order valence-electron chi connectivity index (χ0n) is 9.82. The van der Waals surface area contributed by atoms with E-state index in [0.29, 0.717) is 13.2 Å². The highest BCUT2D eigenvalue weighted by molar-refractivity contribution is 5.13. The zero-order valence-corrected chi connectivity index (χ0v) is 9.82. The Morgan fingerprint density at radius 2 is 1.56 bits per heavy atom. The van der Waals surface area contributed by atoms with E-state index in [1.165, 1.54) is 6.08 Å². The molecular formula is C13H15F3O2. The Hall–Kier alpha value is -1.33. The Balaban J connectivity index is 2.01. The van der Waals surface area contributed by atoms with Crippen molar-refractivity contribution in [2.45, 2.75) is 12.8 Å². The summed E-state index contributed by atoms with van der Waals surface area (Å²) in [5, 5.41) is 0. The van der Waals surface area contributed by atoms with Crippen LogP contribution >= 0.6 is 0 Å². The molecule has 0 spiro atoms. The van der Waals surface area contributed by atoms with Gasteiger partial charge in [0.05, 0.1) is 19.8 Å². The number of rotatable bonds is 7. The molecule has 0 bridgehead atoms. The van der Waals surface area contributed by atoms with Crippen LogP contribution < -0.4 is 0 Å². The third-order valence-corrected chi connectivity index (χ3v) is 1.97. The van der Waals surface area contributed by atoms with Crippen LogP contribution in [-0.4, -0.2) is 26.0 Å². The van der Waals surface area contributed by atoms with Crippen LogP contribution in [0.2, 0.25) is 0 Å². The van der Waals surface area contributed by atoms with Gasteiger partial charge in [0.1, 0.15) is 6.61 Å². The van der Waals surface area contributed by atoms with Crippen molar-refractivity contribution in [3.8, 4) is 0 Å². The first kappa shape index (κ1) is 14.7. The molecule has 0 saturated heterocycles. The smallest absolute Gasteiger partial charge is 0.373 e. The van der Waals surface area contributed by atoms with Crippen LogP contribution in [0.1, 0.15) is 5.56 Å². The molecule has 0 amide bonds. The predicted octanol–water partition coefficient (Wildman–Crippen LogP) is 3.34. The lowest BCUT2D eigenvalue weighted by molar-refractivity contribution is -0.171. The molecule has 0 saturated carbocycles. The van der Waals surface area contributed by atoms with Gasteiger partial charge in [-0.3, -0.25) is 0 Å². The van der Waals surface area contributed by atoms with Crippen LogP contribution in [0.4, 0.5) is 13.2 Å². The predicted molar refractivity (Wildman–Crippen MR) is 62.1 cm³/mol. The van der Waals surface area contributed by atoms with Crippen molar-refractivity contribution >= 4 is 0 Å². The fourth-order valence-electron chi connectivity index (χ4n) is 1.20. The third-order valence-electron chi connectivity index (χ3n) is 1.97. The Kier molecular flexibility index (Phi) is 6.46. The maximum atomic E-state index is 11.7. The van der Waals surface area contributed by atoms with Crippen molar-refractivity contribution in [3.05, 3.63) is 48.0 Å². The highest BCUT2D eigenvalue weighted by Gasteiger charge is 2.26. The highest BCUT2D eigenvalue weighted by Crippen LogP contribution is 2.14. The fourth-order valence-corrected chi connectivity index (χ4v) is 1.20. The lowest BCUT2D eigenvalue weighted by atomic mass is 10.2. The number of ether oxygens (including phenoxy) is 2. The van der Waals surface area contributed by atoms with Gasteiger partial charge in [0.15, 0.2) is 0 Å². The van der Waals surface area contributed by atoms with Crippen LogP contribution in [0.5, 0.6) is 0 Å². The Bertz CT molecular complexity index is 347. The van der Waals surface area contributed by atoms with Crippen LogP contribution in [0.15, 0.2) is 42.5 Å². The van der Waals surface area contributed by atoms with Gasteiger partial charge in [0, 0.05) is 0 Å². The second-order valence-corrected chi connectivity index (χ2v) is 3.60.